The lowest BCUT2D eigenvalue weighted by Gasteiger charge is -2.19. The van der Waals surface area contributed by atoms with E-state index in [1.807, 2.05) is 54.7 Å². The highest BCUT2D eigenvalue weighted by molar-refractivity contribution is 7.47. The van der Waals surface area contributed by atoms with Gasteiger partial charge in [-0.2, -0.15) is 0 Å². The van der Waals surface area contributed by atoms with Gasteiger partial charge in [0.2, 0.25) is 0 Å². The number of esters is 2. The Morgan fingerprint density at radius 1 is 0.450 bits per heavy atom. The van der Waals surface area contributed by atoms with Crippen LogP contribution in [0.4, 0.5) is 0 Å². The molecule has 0 rings (SSSR count). The predicted octanol–water partition coefficient (Wildman–Crippen LogP) is 8.82. The molecule has 0 heterocycles. The van der Waals surface area contributed by atoms with Gasteiger partial charge in [0, 0.05) is 12.8 Å². The summed E-state index contributed by atoms with van der Waals surface area (Å²) < 4.78 is 52.8. The van der Waals surface area contributed by atoms with Gasteiger partial charge in [-0.25, -0.2) is 9.13 Å². The number of unbranched alkanes of at least 4 members (excludes halogenated alkanes) is 12. The number of aliphatic hydroxyl groups excluding tert-OH is 3. The van der Waals surface area contributed by atoms with Gasteiger partial charge in [0.15, 0.2) is 0 Å². The molecule has 5 atom stereocenters. The van der Waals surface area contributed by atoms with Crippen molar-refractivity contribution in [1.29, 1.82) is 0 Å². The molecule has 0 spiro atoms. The lowest BCUT2D eigenvalue weighted by molar-refractivity contribution is -0.148. The third-order valence-electron chi connectivity index (χ3n) is 8.27. The van der Waals surface area contributed by atoms with E-state index in [4.69, 9.17) is 9.47 Å². The first kappa shape index (κ1) is 57.5. The van der Waals surface area contributed by atoms with Crippen molar-refractivity contribution in [2.45, 2.75) is 148 Å². The van der Waals surface area contributed by atoms with Crippen molar-refractivity contribution in [3.63, 3.8) is 0 Å². The second-order valence-electron chi connectivity index (χ2n) is 14.1. The van der Waals surface area contributed by atoms with Crippen molar-refractivity contribution in [3.8, 4) is 0 Å². The first-order valence-corrected chi connectivity index (χ1v) is 24.3. The Morgan fingerprint density at radius 3 is 1.20 bits per heavy atom. The Balaban J connectivity index is 4.01. The standard InChI is InChI=1S/C43H74O15P2/c1-3-5-7-9-11-13-15-17-18-20-22-24-26-28-30-32-43(48)54-34-40(45)36-56-60(51,52)58-38-41(46)37-57-59(49,50)55-35-39(44)33-53-42(47)31-29-27-25-23-21-19-16-14-12-10-8-6-4-2/h5,7,9,11,13,15,17-22,39-41,44-46H,3-4,6,8,10,12,14,16,23-38H2,1-2H3,(H,49,50)(H,51,52)/b7-5+,11-9+,15-13-,18-17-,21-19-,22-20+. The Morgan fingerprint density at radius 2 is 0.783 bits per heavy atom. The van der Waals surface area contributed by atoms with Gasteiger partial charge in [-0.1, -0.05) is 132 Å². The second kappa shape index (κ2) is 39.3. The van der Waals surface area contributed by atoms with E-state index in [0.717, 1.165) is 51.4 Å². The van der Waals surface area contributed by atoms with Crippen molar-refractivity contribution < 1.29 is 71.4 Å². The molecule has 60 heavy (non-hydrogen) atoms. The molecule has 0 fully saturated rings. The monoisotopic (exact) mass is 892 g/mol. The summed E-state index contributed by atoms with van der Waals surface area (Å²) in [5.41, 5.74) is 0. The van der Waals surface area contributed by atoms with Crippen LogP contribution in [0.5, 0.6) is 0 Å². The zero-order chi connectivity index (χ0) is 44.6. The lowest BCUT2D eigenvalue weighted by Crippen LogP contribution is -2.25. The van der Waals surface area contributed by atoms with E-state index < -0.39 is 85.5 Å². The van der Waals surface area contributed by atoms with E-state index in [9.17, 15) is 43.8 Å². The van der Waals surface area contributed by atoms with Gasteiger partial charge < -0.3 is 34.6 Å². The van der Waals surface area contributed by atoms with Crippen molar-refractivity contribution in [3.05, 3.63) is 72.9 Å². The van der Waals surface area contributed by atoms with E-state index in [1.54, 1.807) is 0 Å². The highest BCUT2D eigenvalue weighted by Crippen LogP contribution is 2.45. The quantitative estimate of drug-likeness (QED) is 0.0127. The molecule has 17 heteroatoms. The number of hydrogen-bond acceptors (Lipinski definition) is 13. The minimum atomic E-state index is -4.80. The second-order valence-corrected chi connectivity index (χ2v) is 17.0. The van der Waals surface area contributed by atoms with Gasteiger partial charge in [-0.05, 0) is 57.8 Å². The predicted molar refractivity (Wildman–Crippen MR) is 233 cm³/mol. The summed E-state index contributed by atoms with van der Waals surface area (Å²) >= 11 is 0. The number of phosphoric ester groups is 2. The number of rotatable bonds is 40. The van der Waals surface area contributed by atoms with Gasteiger partial charge >= 0.3 is 27.6 Å². The Bertz CT molecular complexity index is 1360. The Labute approximate surface area is 358 Å². The van der Waals surface area contributed by atoms with Gasteiger partial charge in [0.25, 0.3) is 0 Å². The smallest absolute Gasteiger partial charge is 0.463 e. The molecule has 15 nitrogen and oxygen atoms in total. The van der Waals surface area contributed by atoms with Crippen molar-refractivity contribution in [2.24, 2.45) is 0 Å². The van der Waals surface area contributed by atoms with Crippen LogP contribution < -0.4 is 0 Å². The Kier molecular flexibility index (Phi) is 37.7. The molecular weight excluding hydrogens is 818 g/mol. The number of carbonyl (C=O) groups is 2. The number of aliphatic hydroxyl groups is 3. The van der Waals surface area contributed by atoms with E-state index in [1.165, 1.54) is 38.5 Å². The van der Waals surface area contributed by atoms with E-state index in [0.29, 0.717) is 12.8 Å². The molecule has 0 bridgehead atoms. The first-order chi connectivity index (χ1) is 28.8. The van der Waals surface area contributed by atoms with Crippen LogP contribution in [0.25, 0.3) is 0 Å². The number of carbonyl (C=O) groups excluding carboxylic acids is 2. The fourth-order valence-corrected chi connectivity index (χ4v) is 6.52. The molecule has 0 aromatic rings. The number of ether oxygens (including phenoxy) is 2. The Hall–Kier alpha value is -2.52. The summed E-state index contributed by atoms with van der Waals surface area (Å²) in [5, 5.41) is 29.9. The fourth-order valence-electron chi connectivity index (χ4n) is 4.93. The largest absolute Gasteiger partial charge is 0.472 e. The number of hydrogen-bond donors (Lipinski definition) is 5. The molecule has 0 radical (unpaired) electrons. The summed E-state index contributed by atoms with van der Waals surface area (Å²) in [6.07, 6.45) is 36.2. The zero-order valence-corrected chi connectivity index (χ0v) is 37.6. The van der Waals surface area contributed by atoms with Crippen LogP contribution in [0, 0.1) is 0 Å². The lowest BCUT2D eigenvalue weighted by atomic mass is 10.1. The summed E-state index contributed by atoms with van der Waals surface area (Å²) in [4.78, 5) is 43.6. The maximum atomic E-state index is 12.1. The topological polar surface area (TPSA) is 225 Å². The van der Waals surface area contributed by atoms with Crippen LogP contribution in [0.3, 0.4) is 0 Å². The van der Waals surface area contributed by atoms with Crippen LogP contribution in [0.15, 0.2) is 72.9 Å². The average molecular weight is 893 g/mol. The van der Waals surface area contributed by atoms with E-state index in [-0.39, 0.29) is 12.8 Å². The van der Waals surface area contributed by atoms with E-state index >= 15 is 0 Å². The minimum absolute atomic E-state index is 0.143. The molecule has 346 valence electrons. The highest BCUT2D eigenvalue weighted by Gasteiger charge is 2.28. The summed E-state index contributed by atoms with van der Waals surface area (Å²) in [6.45, 7) is 0.156. The molecule has 0 saturated carbocycles. The average Bonchev–Trinajstić information content (AvgIpc) is 3.22. The van der Waals surface area contributed by atoms with Crippen molar-refractivity contribution >= 4 is 27.6 Å². The maximum absolute atomic E-state index is 12.1. The van der Waals surface area contributed by atoms with Gasteiger partial charge in [-0.3, -0.25) is 27.7 Å². The number of allylic oxidation sites excluding steroid dienone is 12. The van der Waals surface area contributed by atoms with Crippen LogP contribution in [0.1, 0.15) is 129 Å². The molecule has 5 unspecified atom stereocenters. The SMILES string of the molecule is CC/C=C/C=C/C=C\C=C/C=C/CCCCCC(=O)OCC(O)COP(=O)(O)OCC(O)COP(=O)(O)OCC(O)COC(=O)CCCCC/C=C\CCCCCCCC. The molecule has 0 aliphatic heterocycles. The van der Waals surface area contributed by atoms with Gasteiger partial charge in [0.1, 0.15) is 31.5 Å². The van der Waals surface area contributed by atoms with Crippen LogP contribution >= 0.6 is 15.6 Å². The number of phosphoric acid groups is 2. The highest BCUT2D eigenvalue weighted by atomic mass is 31.2. The third-order valence-corrected chi connectivity index (χ3v) is 10.2. The van der Waals surface area contributed by atoms with Crippen LogP contribution in [-0.2, 0) is 46.3 Å². The molecule has 0 aliphatic rings. The minimum Gasteiger partial charge on any atom is -0.463 e. The van der Waals surface area contributed by atoms with Crippen molar-refractivity contribution in [2.75, 3.05) is 39.6 Å². The molecule has 0 aromatic heterocycles. The molecule has 5 N–H and O–H groups in total. The molecule has 0 amide bonds. The molecule has 0 aliphatic carbocycles. The summed E-state index contributed by atoms with van der Waals surface area (Å²) in [6, 6.07) is 0. The normalized spacial score (nSPS) is 16.1. The molecular formula is C43H74O15P2. The maximum Gasteiger partial charge on any atom is 0.472 e. The molecule has 0 saturated heterocycles. The van der Waals surface area contributed by atoms with E-state index in [2.05, 4.69) is 50.2 Å². The van der Waals surface area contributed by atoms with Crippen LogP contribution in [0.2, 0.25) is 0 Å². The summed E-state index contributed by atoms with van der Waals surface area (Å²) in [5.74, 6) is -1.06. The first-order valence-electron chi connectivity index (χ1n) is 21.4. The zero-order valence-electron chi connectivity index (χ0n) is 35.8. The van der Waals surface area contributed by atoms with Crippen molar-refractivity contribution in [1.82, 2.24) is 0 Å². The summed E-state index contributed by atoms with van der Waals surface area (Å²) in [7, 11) is -9.58. The van der Waals surface area contributed by atoms with Gasteiger partial charge in [-0.15, -0.1) is 0 Å². The van der Waals surface area contributed by atoms with Crippen LogP contribution in [-0.4, -0.2) is 95.0 Å². The fraction of sp³-hybridized carbons (Fsp3) is 0.674. The molecule has 0 aromatic carbocycles. The third kappa shape index (κ3) is 40.9. The van der Waals surface area contributed by atoms with Gasteiger partial charge in [0.05, 0.1) is 26.4 Å².